The highest BCUT2D eigenvalue weighted by atomic mass is 16.5. The summed E-state index contributed by atoms with van der Waals surface area (Å²) < 4.78 is 6.75. The molecule has 2 fully saturated rings. The summed E-state index contributed by atoms with van der Waals surface area (Å²) >= 11 is 0. The maximum atomic E-state index is 11.9. The van der Waals surface area contributed by atoms with Crippen molar-refractivity contribution in [1.29, 1.82) is 0 Å². The molecule has 110 valence electrons. The summed E-state index contributed by atoms with van der Waals surface area (Å²) in [7, 11) is 1.66. The molecule has 3 rings (SSSR count). The van der Waals surface area contributed by atoms with Gasteiger partial charge in [0.1, 0.15) is 0 Å². The Labute approximate surface area is 118 Å². The molecule has 0 radical (unpaired) electrons. The second kappa shape index (κ2) is 5.83. The van der Waals surface area contributed by atoms with E-state index in [4.69, 9.17) is 4.74 Å². The molecule has 1 aromatic rings. The number of urea groups is 1. The van der Waals surface area contributed by atoms with E-state index in [2.05, 4.69) is 15.7 Å². The van der Waals surface area contributed by atoms with Crippen molar-refractivity contribution in [2.24, 2.45) is 11.8 Å². The number of aromatic nitrogens is 2. The molecule has 2 aliphatic carbocycles. The van der Waals surface area contributed by atoms with Crippen LogP contribution in [0, 0.1) is 11.8 Å². The van der Waals surface area contributed by atoms with Crippen LogP contribution in [0.1, 0.15) is 25.7 Å². The fourth-order valence-electron chi connectivity index (χ4n) is 3.26. The van der Waals surface area contributed by atoms with Gasteiger partial charge in [-0.2, -0.15) is 5.10 Å². The Morgan fingerprint density at radius 1 is 1.45 bits per heavy atom. The summed E-state index contributed by atoms with van der Waals surface area (Å²) in [5.41, 5.74) is 0.724. The van der Waals surface area contributed by atoms with Crippen LogP contribution < -0.4 is 10.6 Å². The van der Waals surface area contributed by atoms with Crippen molar-refractivity contribution in [3.8, 4) is 0 Å². The molecule has 0 aliphatic heterocycles. The second-order valence-electron chi connectivity index (χ2n) is 5.72. The van der Waals surface area contributed by atoms with E-state index >= 15 is 0 Å². The minimum atomic E-state index is -0.115. The predicted molar refractivity (Wildman–Crippen MR) is 75.5 cm³/mol. The van der Waals surface area contributed by atoms with Crippen molar-refractivity contribution in [3.05, 3.63) is 12.4 Å². The average Bonchev–Trinajstić information content (AvgIpc) is 2.95. The number of anilines is 1. The molecule has 0 unspecified atom stereocenters. The van der Waals surface area contributed by atoms with Gasteiger partial charge in [0, 0.05) is 19.3 Å². The Morgan fingerprint density at radius 2 is 2.20 bits per heavy atom. The lowest BCUT2D eigenvalue weighted by molar-refractivity contribution is 0.183. The molecular weight excluding hydrogens is 256 g/mol. The summed E-state index contributed by atoms with van der Waals surface area (Å²) in [6, 6.07) is 0.275. The molecule has 0 aromatic carbocycles. The lowest BCUT2D eigenvalue weighted by Crippen LogP contribution is -2.32. The number of methoxy groups -OCH3 is 1. The minimum absolute atomic E-state index is 0.115. The van der Waals surface area contributed by atoms with Crippen molar-refractivity contribution < 1.29 is 9.53 Å². The van der Waals surface area contributed by atoms with Gasteiger partial charge in [0.05, 0.1) is 25.0 Å². The monoisotopic (exact) mass is 278 g/mol. The number of rotatable bonds is 5. The summed E-state index contributed by atoms with van der Waals surface area (Å²) in [5, 5.41) is 10.1. The molecule has 2 saturated carbocycles. The van der Waals surface area contributed by atoms with E-state index in [1.165, 1.54) is 25.7 Å². The van der Waals surface area contributed by atoms with Crippen LogP contribution in [0.4, 0.5) is 10.5 Å². The lowest BCUT2D eigenvalue weighted by atomic mass is 10.0. The highest BCUT2D eigenvalue weighted by Gasteiger charge is 2.51. The van der Waals surface area contributed by atoms with Crippen LogP contribution in [0.3, 0.4) is 0 Å². The van der Waals surface area contributed by atoms with Crippen LogP contribution in [0.25, 0.3) is 0 Å². The van der Waals surface area contributed by atoms with Gasteiger partial charge in [0.2, 0.25) is 0 Å². The van der Waals surface area contributed by atoms with Gasteiger partial charge in [-0.1, -0.05) is 12.8 Å². The van der Waals surface area contributed by atoms with E-state index in [-0.39, 0.29) is 6.03 Å². The van der Waals surface area contributed by atoms with Gasteiger partial charge in [-0.3, -0.25) is 4.68 Å². The molecule has 0 spiro atoms. The largest absolute Gasteiger partial charge is 0.383 e. The third-order valence-corrected chi connectivity index (χ3v) is 4.37. The number of amides is 2. The van der Waals surface area contributed by atoms with Gasteiger partial charge in [-0.15, -0.1) is 0 Å². The standard InChI is InChI=1S/C14H22N4O2/c1-20-7-6-18-9-10(8-15-18)16-14(19)17-13-11-4-2-3-5-12(11)13/h8-9,11-13H,2-7H2,1H3,(H2,16,17,19)/t11-,12-/m1/s1. The van der Waals surface area contributed by atoms with Gasteiger partial charge in [0.15, 0.2) is 0 Å². The van der Waals surface area contributed by atoms with Crippen molar-refractivity contribution in [2.75, 3.05) is 19.0 Å². The summed E-state index contributed by atoms with van der Waals surface area (Å²) in [6.07, 6.45) is 8.64. The highest BCUT2D eigenvalue weighted by Crippen LogP contribution is 2.49. The third-order valence-electron chi connectivity index (χ3n) is 4.37. The molecule has 20 heavy (non-hydrogen) atoms. The molecule has 2 atom stereocenters. The van der Waals surface area contributed by atoms with Gasteiger partial charge >= 0.3 is 6.03 Å². The predicted octanol–water partition coefficient (Wildman–Crippen LogP) is 1.84. The first-order valence-electron chi connectivity index (χ1n) is 7.37. The molecule has 2 aliphatic rings. The van der Waals surface area contributed by atoms with E-state index in [1.807, 2.05) is 6.20 Å². The van der Waals surface area contributed by atoms with Gasteiger partial charge in [-0.25, -0.2) is 4.79 Å². The van der Waals surface area contributed by atoms with Crippen molar-refractivity contribution >= 4 is 11.7 Å². The number of nitrogens with zero attached hydrogens (tertiary/aromatic N) is 2. The molecule has 2 amide bonds. The van der Waals surface area contributed by atoms with Gasteiger partial charge < -0.3 is 15.4 Å². The van der Waals surface area contributed by atoms with Crippen molar-refractivity contribution in [3.63, 3.8) is 0 Å². The number of hydrogen-bond acceptors (Lipinski definition) is 3. The molecule has 1 aromatic heterocycles. The lowest BCUT2D eigenvalue weighted by Gasteiger charge is -2.05. The first kappa shape index (κ1) is 13.4. The molecule has 6 nitrogen and oxygen atoms in total. The van der Waals surface area contributed by atoms with E-state index in [0.717, 1.165) is 17.5 Å². The Bertz CT molecular complexity index is 461. The molecule has 0 bridgehead atoms. The average molecular weight is 278 g/mol. The van der Waals surface area contributed by atoms with E-state index in [0.29, 0.717) is 19.2 Å². The zero-order chi connectivity index (χ0) is 13.9. The fourth-order valence-corrected chi connectivity index (χ4v) is 3.26. The molecule has 6 heteroatoms. The number of hydrogen-bond donors (Lipinski definition) is 2. The van der Waals surface area contributed by atoms with Crippen LogP contribution in [-0.4, -0.2) is 35.6 Å². The molecule has 2 N–H and O–H groups in total. The zero-order valence-electron chi connectivity index (χ0n) is 11.8. The maximum Gasteiger partial charge on any atom is 0.319 e. The highest BCUT2D eigenvalue weighted by molar-refractivity contribution is 5.89. The minimum Gasteiger partial charge on any atom is -0.383 e. The van der Waals surface area contributed by atoms with E-state index in [9.17, 15) is 4.79 Å². The second-order valence-corrected chi connectivity index (χ2v) is 5.72. The number of nitrogens with one attached hydrogen (secondary N) is 2. The van der Waals surface area contributed by atoms with E-state index < -0.39 is 0 Å². The van der Waals surface area contributed by atoms with Crippen LogP contribution in [0.15, 0.2) is 12.4 Å². The zero-order valence-corrected chi connectivity index (χ0v) is 11.8. The number of fused-ring (bicyclic) bond motifs is 1. The Balaban J connectivity index is 1.45. The van der Waals surface area contributed by atoms with Gasteiger partial charge in [-0.05, 0) is 24.7 Å². The Kier molecular flexibility index (Phi) is 3.91. The van der Waals surface area contributed by atoms with Crippen LogP contribution in [-0.2, 0) is 11.3 Å². The van der Waals surface area contributed by atoms with Crippen LogP contribution in [0.5, 0.6) is 0 Å². The Hall–Kier alpha value is -1.56. The molecule has 1 heterocycles. The van der Waals surface area contributed by atoms with Crippen LogP contribution in [0.2, 0.25) is 0 Å². The quantitative estimate of drug-likeness (QED) is 0.863. The van der Waals surface area contributed by atoms with Gasteiger partial charge in [0.25, 0.3) is 0 Å². The number of carbonyl (C=O) groups is 1. The van der Waals surface area contributed by atoms with E-state index in [1.54, 1.807) is 18.0 Å². The number of ether oxygens (including phenoxy) is 1. The number of carbonyl (C=O) groups excluding carboxylic acids is 1. The first-order chi connectivity index (χ1) is 9.78. The third kappa shape index (κ3) is 2.95. The summed E-state index contributed by atoms with van der Waals surface area (Å²) in [6.45, 7) is 1.30. The summed E-state index contributed by atoms with van der Waals surface area (Å²) in [4.78, 5) is 11.9. The smallest absolute Gasteiger partial charge is 0.319 e. The van der Waals surface area contributed by atoms with Crippen LogP contribution >= 0.6 is 0 Å². The Morgan fingerprint density at radius 3 is 2.90 bits per heavy atom. The maximum absolute atomic E-state index is 11.9. The first-order valence-corrected chi connectivity index (χ1v) is 7.37. The van der Waals surface area contributed by atoms with Crippen molar-refractivity contribution in [1.82, 2.24) is 15.1 Å². The van der Waals surface area contributed by atoms with Crippen molar-refractivity contribution in [2.45, 2.75) is 38.3 Å². The summed E-state index contributed by atoms with van der Waals surface area (Å²) in [5.74, 6) is 1.44. The fraction of sp³-hybridized carbons (Fsp3) is 0.714. The molecular formula is C14H22N4O2. The molecule has 0 saturated heterocycles. The SMILES string of the molecule is COCCn1cc(NC(=O)NC2[C@@H]3CCCC[C@@H]23)cn1. The normalized spacial score (nSPS) is 27.8. The topological polar surface area (TPSA) is 68.2 Å².